The molecule has 4 aliphatic rings. The van der Waals surface area contributed by atoms with Crippen molar-refractivity contribution in [2.24, 2.45) is 0 Å². The summed E-state index contributed by atoms with van der Waals surface area (Å²) in [7, 11) is 0. The molecule has 10 heterocycles. The van der Waals surface area contributed by atoms with Gasteiger partial charge in [-0.25, -0.2) is 34.3 Å². The van der Waals surface area contributed by atoms with Crippen molar-refractivity contribution in [2.45, 2.75) is 0 Å². The maximum atomic E-state index is 14.2. The third-order valence-electron chi connectivity index (χ3n) is 17.4. The Labute approximate surface area is 542 Å². The first-order chi connectivity index (χ1) is 45.8. The van der Waals surface area contributed by atoms with Gasteiger partial charge in [-0.2, -0.15) is 0 Å². The van der Waals surface area contributed by atoms with E-state index >= 15 is 0 Å². The summed E-state index contributed by atoms with van der Waals surface area (Å²) in [5.41, 5.74) is 13.3. The molecule has 5 aromatic carbocycles. The van der Waals surface area contributed by atoms with Crippen LogP contribution in [0.25, 0.3) is 67.2 Å². The number of aromatic nitrogens is 12. The lowest BCUT2D eigenvalue weighted by Crippen LogP contribution is -2.47. The fraction of sp³-hybridized carbons (Fsp3) is 0.229. The second kappa shape index (κ2) is 26.5. The van der Waals surface area contributed by atoms with Crippen molar-refractivity contribution >= 4 is 64.0 Å². The Hall–Kier alpha value is -10.8. The highest BCUT2D eigenvalue weighted by atomic mass is 35.5. The van der Waals surface area contributed by atoms with Crippen LogP contribution in [0.2, 0.25) is 5.02 Å². The molecule has 0 saturated carbocycles. The molecule has 464 valence electrons. The molecule has 15 rings (SSSR count). The molecular formula is C70H64ClFN20O. The van der Waals surface area contributed by atoms with Gasteiger partial charge in [0, 0.05) is 185 Å². The van der Waals surface area contributed by atoms with Crippen LogP contribution in [0.5, 0.6) is 0 Å². The number of rotatable bonds is 15. The summed E-state index contributed by atoms with van der Waals surface area (Å²) in [4.78, 5) is 44.1. The monoisotopic (exact) mass is 1250 g/mol. The van der Waals surface area contributed by atoms with Crippen LogP contribution < -0.4 is 39.6 Å². The summed E-state index contributed by atoms with van der Waals surface area (Å²) < 4.78 is 19.9. The van der Waals surface area contributed by atoms with Crippen molar-refractivity contribution < 1.29 is 9.13 Å². The van der Waals surface area contributed by atoms with Crippen LogP contribution in [0.15, 0.2) is 189 Å². The van der Waals surface area contributed by atoms with Gasteiger partial charge in [0.25, 0.3) is 0 Å². The lowest BCUT2D eigenvalue weighted by molar-refractivity contribution is 0.122. The molecule has 1 N–H and O–H groups in total. The third kappa shape index (κ3) is 13.0. The van der Waals surface area contributed by atoms with Crippen molar-refractivity contribution in [1.29, 1.82) is 0 Å². The van der Waals surface area contributed by atoms with Crippen LogP contribution in [0.3, 0.4) is 0 Å². The van der Waals surface area contributed by atoms with Gasteiger partial charge in [-0.1, -0.05) is 96.5 Å². The molecule has 93 heavy (non-hydrogen) atoms. The van der Waals surface area contributed by atoms with E-state index in [1.807, 2.05) is 110 Å². The molecule has 0 radical (unpaired) electrons. The normalized spacial score (nSPS) is 15.4. The minimum Gasteiger partial charge on any atom is -0.378 e. The predicted octanol–water partition coefficient (Wildman–Crippen LogP) is 10.8. The van der Waals surface area contributed by atoms with Crippen molar-refractivity contribution in [3.05, 3.63) is 200 Å². The molecule has 23 heteroatoms. The Balaban J connectivity index is 0.595. The Morgan fingerprint density at radius 3 is 1.43 bits per heavy atom. The Kier molecular flexibility index (Phi) is 16.7. The summed E-state index contributed by atoms with van der Waals surface area (Å²) in [6, 6.07) is 49.0. The van der Waals surface area contributed by atoms with Gasteiger partial charge in [-0.3, -0.25) is 0 Å². The Morgan fingerprint density at radius 2 is 0.828 bits per heavy atom. The number of piperazine rings is 3. The highest BCUT2D eigenvalue weighted by Gasteiger charge is 2.27. The number of morpholine rings is 1. The SMILES string of the molecule is Fc1ccc(-c2cc(N3CCN(c4ncccn4)CC3)nnc2-c2ccc(-c3cnc(N4CCN(c5cc(Nc6ccc(Cl)cc6)c(-c6cccc(-c7cnc(N8CCN(c9cc(N%10CCOCC%10)c(-c%10ccccc%10)nn9)CC8)nc7)c6)nn5)CC4)nc3)cc2)cc1. The molecule has 4 aliphatic heterocycles. The number of nitrogens with one attached hydrogen (secondary N) is 1. The second-order valence-electron chi connectivity index (χ2n) is 23.1. The number of hydrogen-bond acceptors (Lipinski definition) is 21. The van der Waals surface area contributed by atoms with Gasteiger partial charge < -0.3 is 44.4 Å². The van der Waals surface area contributed by atoms with Gasteiger partial charge in [0.15, 0.2) is 17.5 Å². The summed E-state index contributed by atoms with van der Waals surface area (Å²) in [5.74, 6) is 4.14. The van der Waals surface area contributed by atoms with E-state index < -0.39 is 0 Å². The number of nitrogens with zero attached hydrogens (tertiary/aromatic N) is 19. The lowest BCUT2D eigenvalue weighted by Gasteiger charge is -2.36. The second-order valence-corrected chi connectivity index (χ2v) is 23.6. The number of halogens is 2. The number of ether oxygens (including phenoxy) is 1. The predicted molar refractivity (Wildman–Crippen MR) is 363 cm³/mol. The molecule has 0 bridgehead atoms. The van der Waals surface area contributed by atoms with E-state index in [2.05, 4.69) is 92.0 Å². The first-order valence-electron chi connectivity index (χ1n) is 31.3. The molecule has 0 aliphatic carbocycles. The minimum atomic E-state index is -0.300. The van der Waals surface area contributed by atoms with E-state index in [9.17, 15) is 4.39 Å². The van der Waals surface area contributed by atoms with E-state index in [0.29, 0.717) is 67.7 Å². The average molecular weight is 1260 g/mol. The van der Waals surface area contributed by atoms with Crippen LogP contribution >= 0.6 is 11.6 Å². The first-order valence-corrected chi connectivity index (χ1v) is 31.7. The van der Waals surface area contributed by atoms with Crippen LogP contribution in [-0.4, -0.2) is 165 Å². The fourth-order valence-electron chi connectivity index (χ4n) is 12.3. The molecule has 0 atom stereocenters. The zero-order chi connectivity index (χ0) is 62.5. The topological polar surface area (TPSA) is 199 Å². The first kappa shape index (κ1) is 58.5. The Bertz CT molecular complexity index is 4350. The van der Waals surface area contributed by atoms with E-state index in [4.69, 9.17) is 66.9 Å². The van der Waals surface area contributed by atoms with Crippen LogP contribution in [-0.2, 0) is 4.74 Å². The van der Waals surface area contributed by atoms with E-state index in [-0.39, 0.29) is 5.82 Å². The molecule has 0 unspecified atom stereocenters. The van der Waals surface area contributed by atoms with Crippen molar-refractivity contribution in [1.82, 2.24) is 60.5 Å². The molecule has 4 saturated heterocycles. The van der Waals surface area contributed by atoms with Gasteiger partial charge in [0.05, 0.1) is 24.6 Å². The molecular weight excluding hydrogens is 1190 g/mol. The largest absolute Gasteiger partial charge is 0.378 e. The van der Waals surface area contributed by atoms with Gasteiger partial charge in [-0.05, 0) is 71.3 Å². The van der Waals surface area contributed by atoms with Crippen molar-refractivity contribution in [3.8, 4) is 67.2 Å². The highest BCUT2D eigenvalue weighted by Crippen LogP contribution is 2.38. The third-order valence-corrected chi connectivity index (χ3v) is 17.7. The zero-order valence-corrected chi connectivity index (χ0v) is 51.6. The molecule has 21 nitrogen and oxygen atoms in total. The maximum absolute atomic E-state index is 14.2. The van der Waals surface area contributed by atoms with Gasteiger partial charge in [-0.15, -0.1) is 30.6 Å². The fourth-order valence-corrected chi connectivity index (χ4v) is 12.4. The van der Waals surface area contributed by atoms with Crippen molar-refractivity contribution in [3.63, 3.8) is 0 Å². The smallest absolute Gasteiger partial charge is 0.225 e. The minimum absolute atomic E-state index is 0.300. The summed E-state index contributed by atoms with van der Waals surface area (Å²) in [6.07, 6.45) is 11.1. The average Bonchev–Trinajstić information content (AvgIpc) is 1.23. The van der Waals surface area contributed by atoms with Crippen LogP contribution in [0.1, 0.15) is 0 Å². The highest BCUT2D eigenvalue weighted by molar-refractivity contribution is 6.30. The Morgan fingerprint density at radius 1 is 0.355 bits per heavy atom. The number of hydrogen-bond donors (Lipinski definition) is 1. The molecule has 0 spiro atoms. The maximum Gasteiger partial charge on any atom is 0.225 e. The number of anilines is 9. The van der Waals surface area contributed by atoms with E-state index in [1.165, 1.54) is 12.1 Å². The summed E-state index contributed by atoms with van der Waals surface area (Å²) in [5, 5.41) is 33.1. The molecule has 11 aromatic rings. The standard InChI is InChI=1S/C70H64ClFN20O/c71-56-16-20-58(21-17-56)79-60-42-63(81-84-66(60)53-9-4-8-52(40-53)55-46-77-70(78-47-55)92-34-28-89(29-35-92)64-43-61(86-36-38-93-39-37-86)67(85-82-64)50-6-2-1-3-7-50)88-26-32-91(33-27-88)69-75-44-54(45-76-69)48-10-12-51(13-11-48)65-59(49-14-18-57(72)19-15-49)41-62(80-83-65)87-24-30-90(31-25-87)68-73-22-5-23-74-68/h1-23,40-47H,24-39H2,(H,79,81). The zero-order valence-electron chi connectivity index (χ0n) is 50.9. The summed E-state index contributed by atoms with van der Waals surface area (Å²) >= 11 is 6.34. The molecule has 0 amide bonds. The molecule has 6 aromatic heterocycles. The number of benzene rings is 5. The van der Waals surface area contributed by atoms with Gasteiger partial charge >= 0.3 is 0 Å². The summed E-state index contributed by atoms with van der Waals surface area (Å²) in [6.45, 7) is 11.7. The lowest BCUT2D eigenvalue weighted by atomic mass is 9.98. The van der Waals surface area contributed by atoms with E-state index in [0.717, 1.165) is 162 Å². The van der Waals surface area contributed by atoms with Gasteiger partial charge in [0.2, 0.25) is 17.8 Å². The van der Waals surface area contributed by atoms with Crippen LogP contribution in [0.4, 0.5) is 56.8 Å². The van der Waals surface area contributed by atoms with Crippen LogP contribution in [0, 0.1) is 5.82 Å². The quantitative estimate of drug-likeness (QED) is 0.102. The van der Waals surface area contributed by atoms with E-state index in [1.54, 1.807) is 24.5 Å². The van der Waals surface area contributed by atoms with Gasteiger partial charge in [0.1, 0.15) is 22.9 Å². The molecule has 4 fully saturated rings. The van der Waals surface area contributed by atoms with Crippen molar-refractivity contribution in [2.75, 3.05) is 144 Å².